The summed E-state index contributed by atoms with van der Waals surface area (Å²) in [6, 6.07) is 10.9. The topological polar surface area (TPSA) is 75.9 Å². The number of ether oxygens (including phenoxy) is 1. The molecule has 1 aromatic carbocycles. The lowest BCUT2D eigenvalue weighted by atomic mass is 10.1. The first kappa shape index (κ1) is 21.5. The summed E-state index contributed by atoms with van der Waals surface area (Å²) in [4.78, 5) is 32.0. The highest BCUT2D eigenvalue weighted by Gasteiger charge is 2.19. The highest BCUT2D eigenvalue weighted by atomic mass is 35.5. The zero-order valence-corrected chi connectivity index (χ0v) is 18.2. The predicted octanol–water partition coefficient (Wildman–Crippen LogP) is 3.00. The van der Waals surface area contributed by atoms with Crippen molar-refractivity contribution in [3.8, 4) is 0 Å². The maximum Gasteiger partial charge on any atom is 0.270 e. The van der Waals surface area contributed by atoms with Crippen LogP contribution in [-0.2, 0) is 17.7 Å². The summed E-state index contributed by atoms with van der Waals surface area (Å²) < 4.78 is 7.08. The minimum Gasteiger partial charge on any atom is -0.379 e. The molecule has 31 heavy (non-hydrogen) atoms. The number of fused-ring (bicyclic) bond motifs is 1. The van der Waals surface area contributed by atoms with E-state index in [1.165, 1.54) is 0 Å². The second-order valence-corrected chi connectivity index (χ2v) is 7.96. The molecular formula is C23H25ClN4O3. The van der Waals surface area contributed by atoms with Gasteiger partial charge in [-0.2, -0.15) is 0 Å². The lowest BCUT2D eigenvalue weighted by molar-refractivity contribution is 0.0371. The Hall–Kier alpha value is -2.74. The van der Waals surface area contributed by atoms with Gasteiger partial charge in [0.2, 0.25) is 0 Å². The number of nitrogens with zero attached hydrogens (tertiary/aromatic N) is 3. The summed E-state index contributed by atoms with van der Waals surface area (Å²) in [6.07, 6.45) is 2.40. The maximum absolute atomic E-state index is 12.9. The monoisotopic (exact) mass is 440 g/mol. The van der Waals surface area contributed by atoms with E-state index in [0.717, 1.165) is 24.3 Å². The predicted molar refractivity (Wildman–Crippen MR) is 119 cm³/mol. The fraction of sp³-hybridized carbons (Fsp3) is 0.348. The SMILES string of the molecule is CCc1nc2cc(Cl)ccn2c1C(=O)NCc1ccc(C(=O)CN2CCOCC2)cc1. The van der Waals surface area contributed by atoms with Gasteiger partial charge in [-0.15, -0.1) is 0 Å². The van der Waals surface area contributed by atoms with E-state index >= 15 is 0 Å². The average molecular weight is 441 g/mol. The third-order valence-electron chi connectivity index (χ3n) is 5.41. The fourth-order valence-corrected chi connectivity index (χ4v) is 3.84. The number of nitrogens with one attached hydrogen (secondary N) is 1. The Kier molecular flexibility index (Phi) is 6.65. The smallest absolute Gasteiger partial charge is 0.270 e. The van der Waals surface area contributed by atoms with Gasteiger partial charge in [0.05, 0.1) is 25.5 Å². The second-order valence-electron chi connectivity index (χ2n) is 7.53. The van der Waals surface area contributed by atoms with Gasteiger partial charge in [-0.25, -0.2) is 4.98 Å². The molecule has 1 saturated heterocycles. The van der Waals surface area contributed by atoms with Crippen molar-refractivity contribution in [3.05, 3.63) is 70.1 Å². The van der Waals surface area contributed by atoms with Gasteiger partial charge < -0.3 is 10.1 Å². The number of aromatic nitrogens is 2. The van der Waals surface area contributed by atoms with Gasteiger partial charge in [0.1, 0.15) is 11.3 Å². The average Bonchev–Trinajstić information content (AvgIpc) is 3.16. The lowest BCUT2D eigenvalue weighted by Crippen LogP contribution is -2.39. The molecule has 1 N–H and O–H groups in total. The van der Waals surface area contributed by atoms with E-state index < -0.39 is 0 Å². The minimum atomic E-state index is -0.195. The zero-order chi connectivity index (χ0) is 21.8. The Morgan fingerprint density at radius 2 is 1.90 bits per heavy atom. The van der Waals surface area contributed by atoms with Gasteiger partial charge in [0, 0.05) is 42.5 Å². The number of morpholine rings is 1. The number of rotatable bonds is 7. The van der Waals surface area contributed by atoms with Gasteiger partial charge in [-0.1, -0.05) is 42.8 Å². The third-order valence-corrected chi connectivity index (χ3v) is 5.65. The number of pyridine rings is 1. The largest absolute Gasteiger partial charge is 0.379 e. The molecule has 0 atom stereocenters. The zero-order valence-electron chi connectivity index (χ0n) is 17.4. The molecule has 1 aliphatic rings. The Labute approximate surface area is 186 Å². The molecule has 4 rings (SSSR count). The normalized spacial score (nSPS) is 14.6. The summed E-state index contributed by atoms with van der Waals surface area (Å²) in [7, 11) is 0. The molecule has 3 aromatic rings. The number of hydrogen-bond donors (Lipinski definition) is 1. The van der Waals surface area contributed by atoms with Crippen LogP contribution in [0.2, 0.25) is 5.02 Å². The van der Waals surface area contributed by atoms with E-state index in [1.54, 1.807) is 22.7 Å². The molecule has 0 aliphatic carbocycles. The van der Waals surface area contributed by atoms with Crippen LogP contribution in [0.4, 0.5) is 0 Å². The first-order chi connectivity index (χ1) is 15.0. The van der Waals surface area contributed by atoms with Crippen LogP contribution in [0.25, 0.3) is 5.65 Å². The quantitative estimate of drug-likeness (QED) is 0.571. The van der Waals surface area contributed by atoms with Crippen LogP contribution in [0.1, 0.15) is 39.0 Å². The molecule has 0 spiro atoms. The van der Waals surface area contributed by atoms with Crippen LogP contribution in [-0.4, -0.2) is 58.8 Å². The van der Waals surface area contributed by atoms with Crippen LogP contribution >= 0.6 is 11.6 Å². The van der Waals surface area contributed by atoms with Crippen LogP contribution < -0.4 is 5.32 Å². The standard InChI is InChI=1S/C23H25ClN4O3/c1-2-19-22(28-8-7-18(24)13-21(28)26-19)23(30)25-14-16-3-5-17(6-4-16)20(29)15-27-9-11-31-12-10-27/h3-8,13H,2,9-12,14-15H2,1H3,(H,25,30). The molecule has 1 amide bonds. The minimum absolute atomic E-state index is 0.0921. The molecule has 162 valence electrons. The molecular weight excluding hydrogens is 416 g/mol. The van der Waals surface area contributed by atoms with Crippen molar-refractivity contribution in [1.82, 2.24) is 19.6 Å². The van der Waals surface area contributed by atoms with Crippen LogP contribution in [0.15, 0.2) is 42.6 Å². The Morgan fingerprint density at radius 3 is 2.61 bits per heavy atom. The van der Waals surface area contributed by atoms with Crippen molar-refractivity contribution in [2.45, 2.75) is 19.9 Å². The lowest BCUT2D eigenvalue weighted by Gasteiger charge is -2.25. The number of imidazole rings is 1. The van der Waals surface area contributed by atoms with Crippen molar-refractivity contribution in [3.63, 3.8) is 0 Å². The van der Waals surface area contributed by atoms with E-state index in [9.17, 15) is 9.59 Å². The fourth-order valence-electron chi connectivity index (χ4n) is 3.68. The van der Waals surface area contributed by atoms with Gasteiger partial charge in [0.15, 0.2) is 5.78 Å². The van der Waals surface area contributed by atoms with Crippen LogP contribution in [0.5, 0.6) is 0 Å². The molecule has 0 saturated carbocycles. The number of amides is 1. The number of carbonyl (C=O) groups is 2. The third kappa shape index (κ3) is 4.95. The highest BCUT2D eigenvalue weighted by molar-refractivity contribution is 6.30. The maximum atomic E-state index is 12.9. The number of carbonyl (C=O) groups excluding carboxylic acids is 2. The number of hydrogen-bond acceptors (Lipinski definition) is 5. The molecule has 0 bridgehead atoms. The first-order valence-electron chi connectivity index (χ1n) is 10.4. The van der Waals surface area contributed by atoms with Gasteiger partial charge in [0.25, 0.3) is 5.91 Å². The van der Waals surface area contributed by atoms with Crippen molar-refractivity contribution < 1.29 is 14.3 Å². The molecule has 8 heteroatoms. The van der Waals surface area contributed by atoms with Gasteiger partial charge in [-0.3, -0.25) is 18.9 Å². The number of aryl methyl sites for hydroxylation is 1. The summed E-state index contributed by atoms with van der Waals surface area (Å²) in [5.74, 6) is -0.103. The first-order valence-corrected chi connectivity index (χ1v) is 10.8. The number of ketones is 1. The van der Waals surface area contributed by atoms with Crippen molar-refractivity contribution in [2.75, 3.05) is 32.8 Å². The van der Waals surface area contributed by atoms with E-state index in [0.29, 0.717) is 54.7 Å². The summed E-state index contributed by atoms with van der Waals surface area (Å²) in [5, 5.41) is 3.54. The number of Topliss-reactive ketones (excluding diaryl/α,β-unsaturated/α-hetero) is 1. The molecule has 0 unspecified atom stereocenters. The van der Waals surface area contributed by atoms with Crippen molar-refractivity contribution >= 4 is 28.9 Å². The number of halogens is 1. The summed E-state index contributed by atoms with van der Waals surface area (Å²) in [5.41, 5.74) is 3.49. The Balaban J connectivity index is 1.40. The van der Waals surface area contributed by atoms with Gasteiger partial charge in [-0.05, 0) is 18.1 Å². The van der Waals surface area contributed by atoms with Gasteiger partial charge >= 0.3 is 0 Å². The molecule has 2 aromatic heterocycles. The Morgan fingerprint density at radius 1 is 1.16 bits per heavy atom. The highest BCUT2D eigenvalue weighted by Crippen LogP contribution is 2.18. The van der Waals surface area contributed by atoms with Crippen molar-refractivity contribution in [2.24, 2.45) is 0 Å². The van der Waals surface area contributed by atoms with E-state index in [4.69, 9.17) is 16.3 Å². The molecule has 1 fully saturated rings. The van der Waals surface area contributed by atoms with E-state index in [-0.39, 0.29) is 11.7 Å². The molecule has 7 nitrogen and oxygen atoms in total. The van der Waals surface area contributed by atoms with Crippen LogP contribution in [0.3, 0.4) is 0 Å². The summed E-state index contributed by atoms with van der Waals surface area (Å²) >= 11 is 6.05. The number of benzene rings is 1. The molecule has 3 heterocycles. The second kappa shape index (κ2) is 9.60. The molecule has 0 radical (unpaired) electrons. The molecule has 1 aliphatic heterocycles. The van der Waals surface area contributed by atoms with E-state index in [2.05, 4.69) is 15.2 Å². The van der Waals surface area contributed by atoms with Crippen molar-refractivity contribution in [1.29, 1.82) is 0 Å². The summed E-state index contributed by atoms with van der Waals surface area (Å²) in [6.45, 7) is 5.64. The van der Waals surface area contributed by atoms with Crippen LogP contribution in [0, 0.1) is 0 Å². The van der Waals surface area contributed by atoms with E-state index in [1.807, 2.05) is 31.2 Å². The Bertz CT molecular complexity index is 1090.